The molecule has 0 aromatic carbocycles. The average molecular weight is 255 g/mol. The van der Waals surface area contributed by atoms with Gasteiger partial charge in [0.05, 0.1) is 6.54 Å². The molecule has 0 saturated carbocycles. The summed E-state index contributed by atoms with van der Waals surface area (Å²) in [5, 5.41) is 3.08. The van der Waals surface area contributed by atoms with Gasteiger partial charge in [0.2, 0.25) is 5.91 Å². The zero-order valence-corrected chi connectivity index (χ0v) is 12.4. The Kier molecular flexibility index (Phi) is 5.17. The number of nitrogens with one attached hydrogen (secondary N) is 1. The fourth-order valence-electron chi connectivity index (χ4n) is 2.16. The number of nitrogens with zero attached hydrogens (tertiary/aromatic N) is 1. The summed E-state index contributed by atoms with van der Waals surface area (Å²) in [5.74, 6) is 0.137. The van der Waals surface area contributed by atoms with E-state index in [0.717, 1.165) is 38.9 Å². The molecule has 3 N–H and O–H groups in total. The maximum Gasteiger partial charge on any atom is 0.234 e. The average Bonchev–Trinajstić information content (AvgIpc) is 2.32. The number of likely N-dealkylation sites (tertiary alicyclic amines) is 1. The molecule has 1 heterocycles. The van der Waals surface area contributed by atoms with Crippen LogP contribution in [0.1, 0.15) is 47.0 Å². The largest absolute Gasteiger partial charge is 0.350 e. The van der Waals surface area contributed by atoms with Crippen molar-refractivity contribution in [3.8, 4) is 0 Å². The second-order valence-electron chi connectivity index (χ2n) is 6.58. The van der Waals surface area contributed by atoms with Crippen LogP contribution in [-0.4, -0.2) is 42.5 Å². The Hall–Kier alpha value is -0.610. The van der Waals surface area contributed by atoms with Crippen molar-refractivity contribution >= 4 is 5.91 Å². The van der Waals surface area contributed by atoms with E-state index < -0.39 is 0 Å². The fourth-order valence-corrected chi connectivity index (χ4v) is 2.16. The van der Waals surface area contributed by atoms with Crippen molar-refractivity contribution < 1.29 is 4.79 Å². The highest BCUT2D eigenvalue weighted by Gasteiger charge is 2.29. The molecule has 0 bridgehead atoms. The molecular weight excluding hydrogens is 226 g/mol. The number of hydrogen-bond acceptors (Lipinski definition) is 3. The molecule has 0 aromatic heterocycles. The predicted molar refractivity (Wildman–Crippen MR) is 75.3 cm³/mol. The van der Waals surface area contributed by atoms with Crippen molar-refractivity contribution in [1.82, 2.24) is 10.2 Å². The Morgan fingerprint density at radius 2 is 1.94 bits per heavy atom. The number of rotatable bonds is 5. The Labute approximate surface area is 111 Å². The minimum Gasteiger partial charge on any atom is -0.350 e. The van der Waals surface area contributed by atoms with Crippen molar-refractivity contribution in [2.24, 2.45) is 11.1 Å². The van der Waals surface area contributed by atoms with Gasteiger partial charge in [-0.1, -0.05) is 13.8 Å². The summed E-state index contributed by atoms with van der Waals surface area (Å²) in [5.41, 5.74) is 5.96. The minimum atomic E-state index is -0.0986. The van der Waals surface area contributed by atoms with Crippen molar-refractivity contribution in [3.05, 3.63) is 0 Å². The quantitative estimate of drug-likeness (QED) is 0.779. The van der Waals surface area contributed by atoms with E-state index in [1.165, 1.54) is 0 Å². The van der Waals surface area contributed by atoms with Crippen LogP contribution in [-0.2, 0) is 4.79 Å². The van der Waals surface area contributed by atoms with Crippen LogP contribution >= 0.6 is 0 Å². The molecule has 4 nitrogen and oxygen atoms in total. The second-order valence-corrected chi connectivity index (χ2v) is 6.58. The number of piperidine rings is 1. The van der Waals surface area contributed by atoms with Crippen LogP contribution in [0.15, 0.2) is 0 Å². The van der Waals surface area contributed by atoms with Crippen LogP contribution in [0.4, 0.5) is 0 Å². The third-order valence-corrected chi connectivity index (χ3v) is 4.28. The monoisotopic (exact) mass is 255 g/mol. The van der Waals surface area contributed by atoms with Crippen LogP contribution < -0.4 is 11.1 Å². The normalized spacial score (nSPS) is 20.7. The molecule has 1 rings (SSSR count). The highest BCUT2D eigenvalue weighted by Crippen LogP contribution is 2.29. The lowest BCUT2D eigenvalue weighted by atomic mass is 9.80. The number of carbonyl (C=O) groups is 1. The van der Waals surface area contributed by atoms with E-state index in [1.54, 1.807) is 0 Å². The van der Waals surface area contributed by atoms with E-state index in [4.69, 9.17) is 5.73 Å². The molecule has 4 heteroatoms. The van der Waals surface area contributed by atoms with Crippen molar-refractivity contribution in [2.75, 3.05) is 26.2 Å². The van der Waals surface area contributed by atoms with Gasteiger partial charge < -0.3 is 11.1 Å². The summed E-state index contributed by atoms with van der Waals surface area (Å²) in [6.45, 7) is 11.7. The Morgan fingerprint density at radius 3 is 2.39 bits per heavy atom. The van der Waals surface area contributed by atoms with Crippen LogP contribution in [0.25, 0.3) is 0 Å². The molecule has 0 aromatic rings. The number of carbonyl (C=O) groups excluding carboxylic acids is 1. The van der Waals surface area contributed by atoms with E-state index in [2.05, 4.69) is 37.9 Å². The topological polar surface area (TPSA) is 58.4 Å². The van der Waals surface area contributed by atoms with Crippen LogP contribution in [0.3, 0.4) is 0 Å². The Bertz CT molecular complexity index is 281. The maximum atomic E-state index is 11.9. The molecule has 1 aliphatic rings. The molecule has 18 heavy (non-hydrogen) atoms. The fraction of sp³-hybridized carbons (Fsp3) is 0.929. The van der Waals surface area contributed by atoms with Gasteiger partial charge in [0, 0.05) is 5.54 Å². The highest BCUT2D eigenvalue weighted by atomic mass is 16.2. The first-order valence-electron chi connectivity index (χ1n) is 7.04. The van der Waals surface area contributed by atoms with Gasteiger partial charge in [-0.05, 0) is 58.2 Å². The van der Waals surface area contributed by atoms with Gasteiger partial charge in [0.15, 0.2) is 0 Å². The summed E-state index contributed by atoms with van der Waals surface area (Å²) in [6.07, 6.45) is 3.13. The summed E-state index contributed by atoms with van der Waals surface area (Å²) in [4.78, 5) is 14.2. The first kappa shape index (κ1) is 15.4. The van der Waals surface area contributed by atoms with Crippen molar-refractivity contribution in [3.63, 3.8) is 0 Å². The molecule has 0 atom stereocenters. The van der Waals surface area contributed by atoms with E-state index >= 15 is 0 Å². The second kappa shape index (κ2) is 6.02. The lowest BCUT2D eigenvalue weighted by molar-refractivity contribution is -0.124. The third-order valence-electron chi connectivity index (χ3n) is 4.28. The Balaban J connectivity index is 2.35. The summed E-state index contributed by atoms with van der Waals surface area (Å²) in [7, 11) is 0. The minimum absolute atomic E-state index is 0.0986. The zero-order chi connectivity index (χ0) is 13.8. The molecule has 0 spiro atoms. The standard InChI is InChI=1S/C14H29N3O/c1-5-13(2,3)16-12(18)10-17-8-6-14(4,11-15)7-9-17/h5-11,15H2,1-4H3,(H,16,18). The van der Waals surface area contributed by atoms with E-state index in [1.807, 2.05) is 0 Å². The van der Waals surface area contributed by atoms with Gasteiger partial charge in [-0.25, -0.2) is 0 Å². The van der Waals surface area contributed by atoms with Crippen LogP contribution in [0.2, 0.25) is 0 Å². The van der Waals surface area contributed by atoms with Gasteiger partial charge in [0.1, 0.15) is 0 Å². The highest BCUT2D eigenvalue weighted by molar-refractivity contribution is 5.78. The van der Waals surface area contributed by atoms with E-state index in [9.17, 15) is 4.79 Å². The number of nitrogens with two attached hydrogens (primary N) is 1. The number of amides is 1. The maximum absolute atomic E-state index is 11.9. The predicted octanol–water partition coefficient (Wildman–Crippen LogP) is 1.35. The zero-order valence-electron chi connectivity index (χ0n) is 12.4. The van der Waals surface area contributed by atoms with Gasteiger partial charge >= 0.3 is 0 Å². The molecule has 1 aliphatic heterocycles. The van der Waals surface area contributed by atoms with Crippen LogP contribution in [0.5, 0.6) is 0 Å². The SMILES string of the molecule is CCC(C)(C)NC(=O)CN1CCC(C)(CN)CC1. The lowest BCUT2D eigenvalue weighted by Gasteiger charge is -2.38. The molecule has 0 aliphatic carbocycles. The smallest absolute Gasteiger partial charge is 0.234 e. The summed E-state index contributed by atoms with van der Waals surface area (Å²) in [6, 6.07) is 0. The molecule has 106 valence electrons. The molecule has 1 saturated heterocycles. The van der Waals surface area contributed by atoms with Gasteiger partial charge in [-0.2, -0.15) is 0 Å². The molecule has 1 fully saturated rings. The Morgan fingerprint density at radius 1 is 1.39 bits per heavy atom. The lowest BCUT2D eigenvalue weighted by Crippen LogP contribution is -2.50. The van der Waals surface area contributed by atoms with Gasteiger partial charge in [-0.15, -0.1) is 0 Å². The van der Waals surface area contributed by atoms with E-state index in [0.29, 0.717) is 6.54 Å². The molecule has 0 radical (unpaired) electrons. The summed E-state index contributed by atoms with van der Waals surface area (Å²) >= 11 is 0. The number of hydrogen-bond donors (Lipinski definition) is 2. The molecule has 0 unspecified atom stereocenters. The first-order chi connectivity index (χ1) is 8.30. The van der Waals surface area contributed by atoms with Crippen molar-refractivity contribution in [1.29, 1.82) is 0 Å². The summed E-state index contributed by atoms with van der Waals surface area (Å²) < 4.78 is 0. The van der Waals surface area contributed by atoms with Gasteiger partial charge in [0.25, 0.3) is 0 Å². The van der Waals surface area contributed by atoms with Crippen molar-refractivity contribution in [2.45, 2.75) is 52.5 Å². The van der Waals surface area contributed by atoms with E-state index in [-0.39, 0.29) is 16.9 Å². The first-order valence-corrected chi connectivity index (χ1v) is 7.04. The van der Waals surface area contributed by atoms with Crippen LogP contribution in [0, 0.1) is 5.41 Å². The van der Waals surface area contributed by atoms with Gasteiger partial charge in [-0.3, -0.25) is 9.69 Å². The third kappa shape index (κ3) is 4.58. The molecular formula is C14H29N3O. The molecule has 1 amide bonds.